The topological polar surface area (TPSA) is 120 Å². The smallest absolute Gasteiger partial charge is 0.158 e. The number of aliphatic hydroxyl groups is 1. The third-order valence-electron chi connectivity index (χ3n) is 5.37. The Balaban J connectivity index is 1.71. The van der Waals surface area contributed by atoms with E-state index in [-0.39, 0.29) is 0 Å². The molecule has 30 heavy (non-hydrogen) atoms. The summed E-state index contributed by atoms with van der Waals surface area (Å²) < 4.78 is 5.42. The number of aromatic nitrogens is 2. The summed E-state index contributed by atoms with van der Waals surface area (Å²) in [7, 11) is 1.52. The zero-order valence-corrected chi connectivity index (χ0v) is 17.2. The van der Waals surface area contributed by atoms with Gasteiger partial charge in [-0.15, -0.1) is 5.10 Å². The van der Waals surface area contributed by atoms with Crippen molar-refractivity contribution in [1.82, 2.24) is 10.2 Å². The van der Waals surface area contributed by atoms with E-state index in [0.29, 0.717) is 35.8 Å². The average Bonchev–Trinajstić information content (AvgIpc) is 2.72. The van der Waals surface area contributed by atoms with Gasteiger partial charge >= 0.3 is 0 Å². The maximum atomic E-state index is 10.1. The van der Waals surface area contributed by atoms with Crippen molar-refractivity contribution in [1.29, 1.82) is 5.26 Å². The highest BCUT2D eigenvalue weighted by atomic mass is 16.5. The summed E-state index contributed by atoms with van der Waals surface area (Å²) in [6.45, 7) is 4.90. The first kappa shape index (κ1) is 19.9. The summed E-state index contributed by atoms with van der Waals surface area (Å²) in [6, 6.07) is 13.5. The van der Waals surface area contributed by atoms with Gasteiger partial charge in [0.15, 0.2) is 5.82 Å². The lowest BCUT2D eigenvalue weighted by atomic mass is 9.95. The number of benzene rings is 2. The molecule has 0 spiro atoms. The van der Waals surface area contributed by atoms with Gasteiger partial charge in [0.2, 0.25) is 0 Å². The SMILES string of the molecule is COc1c(C#N)cccc1[C@@H](N)Nc1nnc(C)c2ccc(N3CC(C)(O)C3)cc12. The van der Waals surface area contributed by atoms with Crippen LogP contribution in [0.4, 0.5) is 11.5 Å². The van der Waals surface area contributed by atoms with E-state index in [0.717, 1.165) is 22.2 Å². The maximum Gasteiger partial charge on any atom is 0.158 e. The monoisotopic (exact) mass is 404 g/mol. The number of fused-ring (bicyclic) bond motifs is 1. The van der Waals surface area contributed by atoms with Gasteiger partial charge in [0.25, 0.3) is 0 Å². The molecule has 0 amide bonds. The van der Waals surface area contributed by atoms with Crippen molar-refractivity contribution in [2.75, 3.05) is 30.4 Å². The molecule has 4 N–H and O–H groups in total. The van der Waals surface area contributed by atoms with Gasteiger partial charge in [0.1, 0.15) is 18.0 Å². The van der Waals surface area contributed by atoms with E-state index in [4.69, 9.17) is 10.5 Å². The van der Waals surface area contributed by atoms with E-state index >= 15 is 0 Å². The molecule has 4 rings (SSSR count). The van der Waals surface area contributed by atoms with Gasteiger partial charge in [-0.25, -0.2) is 0 Å². The van der Waals surface area contributed by atoms with Gasteiger partial charge < -0.3 is 25.8 Å². The molecule has 1 atom stereocenters. The summed E-state index contributed by atoms with van der Waals surface area (Å²) in [5, 5.41) is 33.1. The summed E-state index contributed by atoms with van der Waals surface area (Å²) >= 11 is 0. The molecule has 154 valence electrons. The average molecular weight is 404 g/mol. The number of hydrogen-bond donors (Lipinski definition) is 3. The van der Waals surface area contributed by atoms with Gasteiger partial charge in [-0.1, -0.05) is 18.2 Å². The summed E-state index contributed by atoms with van der Waals surface area (Å²) in [4.78, 5) is 2.11. The van der Waals surface area contributed by atoms with E-state index in [2.05, 4.69) is 26.5 Å². The van der Waals surface area contributed by atoms with Crippen molar-refractivity contribution in [2.45, 2.75) is 25.6 Å². The van der Waals surface area contributed by atoms with Crippen molar-refractivity contribution in [2.24, 2.45) is 5.73 Å². The van der Waals surface area contributed by atoms with Gasteiger partial charge in [-0.05, 0) is 32.0 Å². The highest BCUT2D eigenvalue weighted by Gasteiger charge is 2.36. The van der Waals surface area contributed by atoms with Gasteiger partial charge in [-0.3, -0.25) is 0 Å². The second kappa shape index (κ2) is 7.44. The molecule has 0 bridgehead atoms. The van der Waals surface area contributed by atoms with Crippen molar-refractivity contribution in [3.8, 4) is 11.8 Å². The van der Waals surface area contributed by atoms with E-state index in [1.807, 2.05) is 38.1 Å². The van der Waals surface area contributed by atoms with Crippen LogP contribution in [-0.4, -0.2) is 41.1 Å². The highest BCUT2D eigenvalue weighted by Crippen LogP contribution is 2.34. The molecule has 0 radical (unpaired) electrons. The predicted octanol–water partition coefficient (Wildman–Crippen LogP) is 2.46. The first-order chi connectivity index (χ1) is 14.3. The van der Waals surface area contributed by atoms with Gasteiger partial charge in [-0.2, -0.15) is 10.4 Å². The molecule has 1 aromatic heterocycles. The first-order valence-electron chi connectivity index (χ1n) is 9.66. The molecule has 0 saturated carbocycles. The number of para-hydroxylation sites is 1. The van der Waals surface area contributed by atoms with E-state index < -0.39 is 11.8 Å². The molecule has 2 aromatic carbocycles. The Kier molecular flexibility index (Phi) is 4.94. The van der Waals surface area contributed by atoms with Gasteiger partial charge in [0.05, 0.1) is 24.0 Å². The molecule has 0 aliphatic carbocycles. The zero-order valence-electron chi connectivity index (χ0n) is 17.2. The minimum Gasteiger partial charge on any atom is -0.495 e. The van der Waals surface area contributed by atoms with Crippen molar-refractivity contribution < 1.29 is 9.84 Å². The number of aryl methyl sites for hydroxylation is 1. The Bertz CT molecular complexity index is 1150. The second-order valence-corrected chi connectivity index (χ2v) is 7.88. The normalized spacial score (nSPS) is 15.9. The minimum absolute atomic E-state index is 0.416. The molecule has 0 unspecified atom stereocenters. The maximum absolute atomic E-state index is 10.1. The summed E-state index contributed by atoms with van der Waals surface area (Å²) in [5.74, 6) is 0.981. The number of nitrogens with two attached hydrogens (primary N) is 1. The standard InChI is InChI=1S/C22H24N6O2/c1-13-16-8-7-15(28-11-22(2,29)12-28)9-18(16)21(27-26-13)25-20(24)17-6-4-5-14(10-23)19(17)30-3/h4-9,20,29H,11-12,24H2,1-3H3,(H,25,27)/t20-/m0/s1. The zero-order chi connectivity index (χ0) is 21.5. The Hall–Kier alpha value is -3.41. The number of nitrogens with one attached hydrogen (secondary N) is 1. The highest BCUT2D eigenvalue weighted by molar-refractivity contribution is 5.95. The fourth-order valence-corrected chi connectivity index (χ4v) is 3.88. The molecule has 1 fully saturated rings. The lowest BCUT2D eigenvalue weighted by molar-refractivity contribution is 0.0310. The Labute approximate surface area is 174 Å². The summed E-state index contributed by atoms with van der Waals surface area (Å²) in [5.41, 5.74) is 8.64. The third-order valence-corrected chi connectivity index (χ3v) is 5.37. The molecular formula is C22H24N6O2. The lowest BCUT2D eigenvalue weighted by Gasteiger charge is -2.45. The van der Waals surface area contributed by atoms with Crippen LogP contribution in [0.5, 0.6) is 5.75 Å². The first-order valence-corrected chi connectivity index (χ1v) is 9.66. The second-order valence-electron chi connectivity index (χ2n) is 7.88. The Morgan fingerprint density at radius 1 is 1.27 bits per heavy atom. The number of rotatable bonds is 5. The molecule has 1 aliphatic heterocycles. The van der Waals surface area contributed by atoms with Gasteiger partial charge in [0, 0.05) is 35.1 Å². The molecule has 1 saturated heterocycles. The van der Waals surface area contributed by atoms with Crippen LogP contribution in [0, 0.1) is 18.3 Å². The van der Waals surface area contributed by atoms with E-state index in [1.165, 1.54) is 7.11 Å². The van der Waals surface area contributed by atoms with Crippen molar-refractivity contribution >= 4 is 22.3 Å². The van der Waals surface area contributed by atoms with Crippen LogP contribution in [0.1, 0.15) is 29.9 Å². The molecule has 3 aromatic rings. The quantitative estimate of drug-likeness (QED) is 0.555. The fraction of sp³-hybridized carbons (Fsp3) is 0.318. The number of hydrogen-bond acceptors (Lipinski definition) is 8. The molecule has 8 heteroatoms. The molecule has 1 aliphatic rings. The number of β-amino-alcohol motifs (C(OH)–C–C–N with tert-alkyl or cyclic N) is 1. The Morgan fingerprint density at radius 2 is 2.03 bits per heavy atom. The van der Waals surface area contributed by atoms with Crippen LogP contribution in [-0.2, 0) is 0 Å². The van der Waals surface area contributed by atoms with Crippen molar-refractivity contribution in [3.05, 3.63) is 53.2 Å². The van der Waals surface area contributed by atoms with Crippen LogP contribution >= 0.6 is 0 Å². The molecule has 8 nitrogen and oxygen atoms in total. The van der Waals surface area contributed by atoms with Crippen LogP contribution in [0.15, 0.2) is 36.4 Å². The fourth-order valence-electron chi connectivity index (χ4n) is 3.88. The van der Waals surface area contributed by atoms with E-state index in [9.17, 15) is 10.4 Å². The van der Waals surface area contributed by atoms with Crippen molar-refractivity contribution in [3.63, 3.8) is 0 Å². The number of ether oxygens (including phenoxy) is 1. The third kappa shape index (κ3) is 3.49. The number of nitriles is 1. The number of nitrogens with zero attached hydrogens (tertiary/aromatic N) is 4. The molecule has 2 heterocycles. The van der Waals surface area contributed by atoms with Crippen LogP contribution < -0.4 is 20.7 Å². The Morgan fingerprint density at radius 3 is 2.70 bits per heavy atom. The van der Waals surface area contributed by atoms with Crippen LogP contribution in [0.3, 0.4) is 0 Å². The summed E-state index contributed by atoms with van der Waals surface area (Å²) in [6.07, 6.45) is -0.651. The largest absolute Gasteiger partial charge is 0.495 e. The number of methoxy groups -OCH3 is 1. The number of anilines is 2. The van der Waals surface area contributed by atoms with Crippen LogP contribution in [0.25, 0.3) is 10.8 Å². The van der Waals surface area contributed by atoms with E-state index in [1.54, 1.807) is 12.1 Å². The lowest BCUT2D eigenvalue weighted by Crippen LogP contribution is -2.60. The minimum atomic E-state index is -0.660. The van der Waals surface area contributed by atoms with Crippen LogP contribution in [0.2, 0.25) is 0 Å². The predicted molar refractivity (Wildman–Crippen MR) is 115 cm³/mol. The molecular weight excluding hydrogens is 380 g/mol.